The normalized spacial score (nSPS) is 16.8. The maximum Gasteiger partial charge on any atom is 0.166 e. The van der Waals surface area contributed by atoms with Crippen molar-refractivity contribution < 1.29 is 14.2 Å². The van der Waals surface area contributed by atoms with Gasteiger partial charge in [0, 0.05) is 36.3 Å². The van der Waals surface area contributed by atoms with Crippen molar-refractivity contribution in [3.8, 4) is 11.5 Å². The summed E-state index contributed by atoms with van der Waals surface area (Å²) < 4.78 is 17.2. The summed E-state index contributed by atoms with van der Waals surface area (Å²) in [6, 6.07) is 13.8. The molecule has 1 N–H and O–H groups in total. The predicted octanol–water partition coefficient (Wildman–Crippen LogP) is 4.20. The Morgan fingerprint density at radius 3 is 2.80 bits per heavy atom. The Labute approximate surface area is 154 Å². The molecule has 0 aromatic heterocycles. The quantitative estimate of drug-likeness (QED) is 0.765. The minimum atomic E-state index is 0.301. The van der Waals surface area contributed by atoms with Gasteiger partial charge in [0.15, 0.2) is 11.5 Å². The van der Waals surface area contributed by atoms with Crippen molar-refractivity contribution in [1.82, 2.24) is 5.32 Å². The molecule has 1 aliphatic rings. The summed E-state index contributed by atoms with van der Waals surface area (Å²) >= 11 is 6.24. The molecule has 2 aromatic rings. The average Bonchev–Trinajstić information content (AvgIpc) is 3.14. The molecule has 1 unspecified atom stereocenters. The van der Waals surface area contributed by atoms with Crippen LogP contribution in [0.5, 0.6) is 11.5 Å². The number of rotatable bonds is 8. The van der Waals surface area contributed by atoms with E-state index in [9.17, 15) is 0 Å². The van der Waals surface area contributed by atoms with Crippen molar-refractivity contribution in [2.24, 2.45) is 0 Å². The van der Waals surface area contributed by atoms with Crippen molar-refractivity contribution in [1.29, 1.82) is 0 Å². The number of hydrogen-bond acceptors (Lipinski definition) is 4. The van der Waals surface area contributed by atoms with Crippen LogP contribution in [0.4, 0.5) is 0 Å². The highest BCUT2D eigenvalue weighted by Gasteiger charge is 2.17. The first-order valence-electron chi connectivity index (χ1n) is 8.61. The molecule has 4 nitrogen and oxygen atoms in total. The first-order chi connectivity index (χ1) is 12.3. The number of nitrogens with one attached hydrogen (secondary N) is 1. The summed E-state index contributed by atoms with van der Waals surface area (Å²) in [5.74, 6) is 1.38. The number of methoxy groups -OCH3 is 1. The molecule has 25 heavy (non-hydrogen) atoms. The van der Waals surface area contributed by atoms with Gasteiger partial charge in [0.25, 0.3) is 0 Å². The second-order valence-electron chi connectivity index (χ2n) is 6.14. The molecular formula is C20H24ClNO3. The molecule has 134 valence electrons. The van der Waals surface area contributed by atoms with E-state index in [1.807, 2.05) is 36.4 Å². The molecule has 0 radical (unpaired) electrons. The third kappa shape index (κ3) is 5.11. The van der Waals surface area contributed by atoms with Crippen LogP contribution >= 0.6 is 11.6 Å². The van der Waals surface area contributed by atoms with E-state index in [1.165, 1.54) is 0 Å². The highest BCUT2D eigenvalue weighted by atomic mass is 35.5. The van der Waals surface area contributed by atoms with Crippen molar-refractivity contribution in [2.45, 2.75) is 32.1 Å². The van der Waals surface area contributed by atoms with Crippen LogP contribution in [0, 0.1) is 0 Å². The molecule has 5 heteroatoms. The lowest BCUT2D eigenvalue weighted by Gasteiger charge is -2.17. The summed E-state index contributed by atoms with van der Waals surface area (Å²) in [6.07, 6.45) is 2.56. The van der Waals surface area contributed by atoms with E-state index >= 15 is 0 Å². The van der Waals surface area contributed by atoms with Gasteiger partial charge in [-0.25, -0.2) is 0 Å². The fourth-order valence-electron chi connectivity index (χ4n) is 2.97. The molecule has 2 aromatic carbocycles. The van der Waals surface area contributed by atoms with Crippen LogP contribution in [-0.2, 0) is 17.9 Å². The van der Waals surface area contributed by atoms with E-state index in [4.69, 9.17) is 25.8 Å². The van der Waals surface area contributed by atoms with Gasteiger partial charge in [0.1, 0.15) is 6.61 Å². The van der Waals surface area contributed by atoms with Gasteiger partial charge in [0.2, 0.25) is 0 Å². The molecule has 1 atom stereocenters. The monoisotopic (exact) mass is 361 g/mol. The first-order valence-corrected chi connectivity index (χ1v) is 8.99. The molecule has 0 spiro atoms. The fourth-order valence-corrected chi connectivity index (χ4v) is 3.20. The van der Waals surface area contributed by atoms with Gasteiger partial charge in [-0.3, -0.25) is 0 Å². The minimum absolute atomic E-state index is 0.301. The summed E-state index contributed by atoms with van der Waals surface area (Å²) in [5.41, 5.74) is 2.09. The highest BCUT2D eigenvalue weighted by Crippen LogP contribution is 2.35. The van der Waals surface area contributed by atoms with Gasteiger partial charge in [-0.05, 0) is 24.5 Å². The van der Waals surface area contributed by atoms with Gasteiger partial charge in [-0.2, -0.15) is 0 Å². The topological polar surface area (TPSA) is 39.7 Å². The Kier molecular flexibility index (Phi) is 6.56. The zero-order valence-corrected chi connectivity index (χ0v) is 15.2. The number of hydrogen-bond donors (Lipinski definition) is 1. The minimum Gasteiger partial charge on any atom is -0.493 e. The van der Waals surface area contributed by atoms with Gasteiger partial charge < -0.3 is 19.5 Å². The Bertz CT molecular complexity index is 672. The molecule has 1 aliphatic heterocycles. The lowest BCUT2D eigenvalue weighted by molar-refractivity contribution is 0.110. The molecule has 1 saturated heterocycles. The lowest BCUT2D eigenvalue weighted by atomic mass is 10.1. The lowest BCUT2D eigenvalue weighted by Crippen LogP contribution is -2.26. The SMILES string of the molecule is COc1cc(Cl)cc(CNCC2CCCO2)c1OCc1ccccc1. The van der Waals surface area contributed by atoms with Crippen molar-refractivity contribution in [3.63, 3.8) is 0 Å². The van der Waals surface area contributed by atoms with Gasteiger partial charge in [-0.1, -0.05) is 41.9 Å². The molecule has 1 heterocycles. The molecule has 0 bridgehead atoms. The zero-order valence-electron chi connectivity index (χ0n) is 14.5. The van der Waals surface area contributed by atoms with Crippen molar-refractivity contribution in [2.75, 3.05) is 20.3 Å². The van der Waals surface area contributed by atoms with Crippen LogP contribution in [-0.4, -0.2) is 26.4 Å². The van der Waals surface area contributed by atoms with Crippen LogP contribution in [0.15, 0.2) is 42.5 Å². The number of ether oxygens (including phenoxy) is 3. The maximum atomic E-state index is 6.24. The van der Waals surface area contributed by atoms with E-state index in [1.54, 1.807) is 13.2 Å². The Balaban J connectivity index is 1.69. The summed E-state index contributed by atoms with van der Waals surface area (Å²) in [6.45, 7) is 2.83. The van der Waals surface area contributed by atoms with E-state index in [0.717, 1.165) is 42.9 Å². The third-order valence-electron chi connectivity index (χ3n) is 4.25. The molecular weight excluding hydrogens is 338 g/mol. The van der Waals surface area contributed by atoms with E-state index in [0.29, 0.717) is 30.0 Å². The van der Waals surface area contributed by atoms with Crippen molar-refractivity contribution >= 4 is 11.6 Å². The van der Waals surface area contributed by atoms with E-state index in [2.05, 4.69) is 5.32 Å². The molecule has 0 amide bonds. The van der Waals surface area contributed by atoms with Gasteiger partial charge in [0.05, 0.1) is 13.2 Å². The van der Waals surface area contributed by atoms with Gasteiger partial charge in [-0.15, -0.1) is 0 Å². The molecule has 0 aliphatic carbocycles. The highest BCUT2D eigenvalue weighted by molar-refractivity contribution is 6.30. The first kappa shape index (κ1) is 18.1. The smallest absolute Gasteiger partial charge is 0.166 e. The third-order valence-corrected chi connectivity index (χ3v) is 4.47. The number of benzene rings is 2. The van der Waals surface area contributed by atoms with Crippen LogP contribution < -0.4 is 14.8 Å². The van der Waals surface area contributed by atoms with Gasteiger partial charge >= 0.3 is 0 Å². The zero-order chi connectivity index (χ0) is 17.5. The van der Waals surface area contributed by atoms with E-state index in [-0.39, 0.29) is 0 Å². The molecule has 0 saturated carbocycles. The summed E-state index contributed by atoms with van der Waals surface area (Å²) in [7, 11) is 1.63. The second-order valence-corrected chi connectivity index (χ2v) is 6.57. The van der Waals surface area contributed by atoms with Crippen molar-refractivity contribution in [3.05, 3.63) is 58.6 Å². The fraction of sp³-hybridized carbons (Fsp3) is 0.400. The van der Waals surface area contributed by atoms with Crippen LogP contribution in [0.1, 0.15) is 24.0 Å². The van der Waals surface area contributed by atoms with Crippen LogP contribution in [0.3, 0.4) is 0 Å². The Hall–Kier alpha value is -1.75. The second kappa shape index (κ2) is 9.09. The largest absolute Gasteiger partial charge is 0.493 e. The predicted molar refractivity (Wildman–Crippen MR) is 99.5 cm³/mol. The molecule has 1 fully saturated rings. The Morgan fingerprint density at radius 1 is 1.24 bits per heavy atom. The molecule has 3 rings (SSSR count). The number of halogens is 1. The average molecular weight is 362 g/mol. The summed E-state index contributed by atoms with van der Waals surface area (Å²) in [5, 5.41) is 4.08. The van der Waals surface area contributed by atoms with Crippen LogP contribution in [0.2, 0.25) is 5.02 Å². The maximum absolute atomic E-state index is 6.24. The van der Waals surface area contributed by atoms with E-state index < -0.39 is 0 Å². The van der Waals surface area contributed by atoms with Crippen LogP contribution in [0.25, 0.3) is 0 Å². The standard InChI is InChI=1S/C20H24ClNO3/c1-23-19-11-17(21)10-16(12-22-13-18-8-5-9-24-18)20(19)25-14-15-6-3-2-4-7-15/h2-4,6-7,10-11,18,22H,5,8-9,12-14H2,1H3. The Morgan fingerprint density at radius 2 is 2.08 bits per heavy atom. The summed E-state index contributed by atoms with van der Waals surface area (Å²) in [4.78, 5) is 0.